The number of benzene rings is 1. The van der Waals surface area contributed by atoms with E-state index in [9.17, 15) is 18.4 Å². The lowest BCUT2D eigenvalue weighted by Gasteiger charge is -2.16. The Morgan fingerprint density at radius 3 is 2.78 bits per heavy atom. The van der Waals surface area contributed by atoms with E-state index in [0.29, 0.717) is 11.4 Å². The zero-order valence-electron chi connectivity index (χ0n) is 14.5. The SMILES string of the molecule is NC(=O)Nc1sc(-c2ccc(F)cc2F)cc1C(=O)N[C@H]1CCCCNC1. The first-order chi connectivity index (χ1) is 12.9. The van der Waals surface area contributed by atoms with Crippen molar-refractivity contribution in [3.05, 3.63) is 41.5 Å². The number of nitrogens with one attached hydrogen (secondary N) is 3. The molecule has 2 heterocycles. The van der Waals surface area contributed by atoms with Gasteiger partial charge in [-0.15, -0.1) is 11.3 Å². The van der Waals surface area contributed by atoms with Gasteiger partial charge in [-0.3, -0.25) is 10.1 Å². The summed E-state index contributed by atoms with van der Waals surface area (Å²) in [4.78, 5) is 24.4. The van der Waals surface area contributed by atoms with Crippen molar-refractivity contribution in [2.45, 2.75) is 25.3 Å². The molecule has 0 unspecified atom stereocenters. The van der Waals surface area contributed by atoms with Crippen molar-refractivity contribution in [2.75, 3.05) is 18.4 Å². The highest BCUT2D eigenvalue weighted by molar-refractivity contribution is 7.20. The number of urea groups is 1. The zero-order valence-corrected chi connectivity index (χ0v) is 15.3. The van der Waals surface area contributed by atoms with Crippen LogP contribution in [-0.2, 0) is 0 Å². The van der Waals surface area contributed by atoms with E-state index < -0.39 is 17.7 Å². The average Bonchev–Trinajstić information content (AvgIpc) is 2.83. The number of hydrogen-bond acceptors (Lipinski definition) is 4. The van der Waals surface area contributed by atoms with E-state index in [1.807, 2.05) is 0 Å². The Hall–Kier alpha value is -2.52. The molecule has 9 heteroatoms. The average molecular weight is 394 g/mol. The van der Waals surface area contributed by atoms with Gasteiger partial charge in [0.1, 0.15) is 16.6 Å². The number of anilines is 1. The second-order valence-corrected chi connectivity index (χ2v) is 7.39. The Kier molecular flexibility index (Phi) is 6.02. The van der Waals surface area contributed by atoms with Crippen molar-refractivity contribution in [3.63, 3.8) is 0 Å². The predicted octanol–water partition coefficient (Wildman–Crippen LogP) is 3.06. The Labute approximate surface area is 159 Å². The van der Waals surface area contributed by atoms with E-state index in [1.54, 1.807) is 0 Å². The van der Waals surface area contributed by atoms with Gasteiger partial charge in [0.15, 0.2) is 0 Å². The minimum absolute atomic E-state index is 0.0349. The normalized spacial score (nSPS) is 17.2. The molecule has 1 fully saturated rings. The number of thiophene rings is 1. The summed E-state index contributed by atoms with van der Waals surface area (Å²) in [7, 11) is 0. The molecule has 2 aromatic rings. The first kappa shape index (κ1) is 19.2. The van der Waals surface area contributed by atoms with Crippen LogP contribution in [0.25, 0.3) is 10.4 Å². The van der Waals surface area contributed by atoms with Crippen LogP contribution in [0, 0.1) is 11.6 Å². The second-order valence-electron chi connectivity index (χ2n) is 6.34. The van der Waals surface area contributed by atoms with Crippen molar-refractivity contribution >= 4 is 28.3 Å². The van der Waals surface area contributed by atoms with Gasteiger partial charge in [-0.1, -0.05) is 6.42 Å². The lowest BCUT2D eigenvalue weighted by molar-refractivity contribution is 0.0937. The van der Waals surface area contributed by atoms with Gasteiger partial charge in [0, 0.05) is 29.1 Å². The number of carbonyl (C=O) groups excluding carboxylic acids is 2. The van der Waals surface area contributed by atoms with E-state index in [2.05, 4.69) is 16.0 Å². The molecule has 144 valence electrons. The number of halogens is 2. The summed E-state index contributed by atoms with van der Waals surface area (Å²) in [6.07, 6.45) is 2.90. The summed E-state index contributed by atoms with van der Waals surface area (Å²) < 4.78 is 27.3. The van der Waals surface area contributed by atoms with Gasteiger partial charge >= 0.3 is 6.03 Å². The number of carbonyl (C=O) groups is 2. The fraction of sp³-hybridized carbons (Fsp3) is 0.333. The molecule has 0 spiro atoms. The third kappa shape index (κ3) is 4.81. The van der Waals surface area contributed by atoms with Crippen LogP contribution < -0.4 is 21.7 Å². The highest BCUT2D eigenvalue weighted by atomic mass is 32.1. The molecule has 1 aromatic carbocycles. The quantitative estimate of drug-likeness (QED) is 0.642. The Morgan fingerprint density at radius 2 is 2.04 bits per heavy atom. The first-order valence-corrected chi connectivity index (χ1v) is 9.43. The number of nitrogens with two attached hydrogens (primary N) is 1. The Balaban J connectivity index is 1.89. The molecule has 0 bridgehead atoms. The molecule has 6 nitrogen and oxygen atoms in total. The van der Waals surface area contributed by atoms with Crippen molar-refractivity contribution in [2.24, 2.45) is 5.73 Å². The third-order valence-corrected chi connectivity index (χ3v) is 5.38. The summed E-state index contributed by atoms with van der Waals surface area (Å²) in [5.74, 6) is -1.82. The molecule has 1 saturated heterocycles. The van der Waals surface area contributed by atoms with Gasteiger partial charge in [-0.25, -0.2) is 13.6 Å². The fourth-order valence-electron chi connectivity index (χ4n) is 2.99. The standard InChI is InChI=1S/C18H20F2N4O2S/c19-10-4-5-12(14(20)7-10)15-8-13(17(27-15)24-18(21)26)16(25)23-11-3-1-2-6-22-9-11/h4-5,7-8,11,22H,1-3,6,9H2,(H,23,25)(H3,21,24,26)/t11-/m0/s1. The summed E-state index contributed by atoms with van der Waals surface area (Å²) in [5.41, 5.74) is 5.53. The largest absolute Gasteiger partial charge is 0.351 e. The van der Waals surface area contributed by atoms with Gasteiger partial charge in [0.2, 0.25) is 0 Å². The molecule has 0 radical (unpaired) electrons. The zero-order chi connectivity index (χ0) is 19.4. The molecule has 27 heavy (non-hydrogen) atoms. The maximum absolute atomic E-state index is 14.1. The van der Waals surface area contributed by atoms with Gasteiger partial charge in [-0.2, -0.15) is 0 Å². The summed E-state index contributed by atoms with van der Waals surface area (Å²) >= 11 is 1.00. The predicted molar refractivity (Wildman–Crippen MR) is 101 cm³/mol. The molecular weight excluding hydrogens is 374 g/mol. The molecule has 5 N–H and O–H groups in total. The van der Waals surface area contributed by atoms with Crippen molar-refractivity contribution < 1.29 is 18.4 Å². The number of hydrogen-bond donors (Lipinski definition) is 4. The molecule has 1 aliphatic rings. The lowest BCUT2D eigenvalue weighted by Crippen LogP contribution is -2.41. The molecule has 3 rings (SSSR count). The van der Waals surface area contributed by atoms with E-state index in [1.165, 1.54) is 12.1 Å². The highest BCUT2D eigenvalue weighted by Crippen LogP contribution is 2.37. The van der Waals surface area contributed by atoms with E-state index in [0.717, 1.165) is 49.3 Å². The van der Waals surface area contributed by atoms with Gasteiger partial charge in [-0.05, 0) is 37.6 Å². The molecular formula is C18H20F2N4O2S. The maximum atomic E-state index is 14.1. The number of amides is 3. The van der Waals surface area contributed by atoms with Crippen LogP contribution in [-0.4, -0.2) is 31.1 Å². The van der Waals surface area contributed by atoms with Crippen LogP contribution >= 0.6 is 11.3 Å². The topological polar surface area (TPSA) is 96.2 Å². The van der Waals surface area contributed by atoms with Crippen molar-refractivity contribution in [1.82, 2.24) is 10.6 Å². The van der Waals surface area contributed by atoms with Crippen LogP contribution in [0.1, 0.15) is 29.6 Å². The van der Waals surface area contributed by atoms with E-state index in [-0.39, 0.29) is 28.1 Å². The van der Waals surface area contributed by atoms with E-state index in [4.69, 9.17) is 5.73 Å². The van der Waals surface area contributed by atoms with Gasteiger partial charge in [0.25, 0.3) is 5.91 Å². The van der Waals surface area contributed by atoms with Crippen molar-refractivity contribution in [1.29, 1.82) is 0 Å². The van der Waals surface area contributed by atoms with Crippen LogP contribution in [0.15, 0.2) is 24.3 Å². The molecule has 0 saturated carbocycles. The first-order valence-electron chi connectivity index (χ1n) is 8.61. The van der Waals surface area contributed by atoms with Gasteiger partial charge < -0.3 is 16.4 Å². The minimum Gasteiger partial charge on any atom is -0.351 e. The third-order valence-electron chi connectivity index (χ3n) is 4.29. The number of rotatable bonds is 4. The van der Waals surface area contributed by atoms with Crippen molar-refractivity contribution in [3.8, 4) is 10.4 Å². The molecule has 1 aromatic heterocycles. The molecule has 0 aliphatic carbocycles. The summed E-state index contributed by atoms with van der Waals surface area (Å²) in [6, 6.07) is 3.82. The van der Waals surface area contributed by atoms with Crippen LogP contribution in [0.5, 0.6) is 0 Å². The lowest BCUT2D eigenvalue weighted by atomic mass is 10.1. The van der Waals surface area contributed by atoms with Crippen LogP contribution in [0.4, 0.5) is 18.6 Å². The summed E-state index contributed by atoms with van der Waals surface area (Å²) in [5, 5.41) is 8.83. The highest BCUT2D eigenvalue weighted by Gasteiger charge is 2.22. The van der Waals surface area contributed by atoms with Crippen LogP contribution in [0.3, 0.4) is 0 Å². The fourth-order valence-corrected chi connectivity index (χ4v) is 4.08. The maximum Gasteiger partial charge on any atom is 0.317 e. The minimum atomic E-state index is -0.826. The number of primary amides is 1. The van der Waals surface area contributed by atoms with Crippen LogP contribution in [0.2, 0.25) is 0 Å². The summed E-state index contributed by atoms with van der Waals surface area (Å²) in [6.45, 7) is 1.57. The molecule has 1 aliphatic heterocycles. The smallest absolute Gasteiger partial charge is 0.317 e. The Morgan fingerprint density at radius 1 is 1.22 bits per heavy atom. The van der Waals surface area contributed by atoms with Gasteiger partial charge in [0.05, 0.1) is 5.56 Å². The molecule has 1 atom stereocenters. The Bertz CT molecular complexity index is 848. The van der Waals surface area contributed by atoms with E-state index >= 15 is 0 Å². The monoisotopic (exact) mass is 394 g/mol. The second kappa shape index (κ2) is 8.45. The molecule has 3 amide bonds.